The lowest BCUT2D eigenvalue weighted by Crippen LogP contribution is -2.14. The number of hydrogen-bond acceptors (Lipinski definition) is 3. The van der Waals surface area contributed by atoms with Crippen LogP contribution in [0.25, 0.3) is 0 Å². The molecule has 1 amide bonds. The molecule has 0 aliphatic heterocycles. The molecule has 0 atom stereocenters. The maximum absolute atomic E-state index is 12.0. The molecule has 1 aliphatic rings. The summed E-state index contributed by atoms with van der Waals surface area (Å²) in [6, 6.07) is 10.6. The minimum absolute atomic E-state index is 0.280. The van der Waals surface area contributed by atoms with Crippen LogP contribution in [0.5, 0.6) is 0 Å². The second-order valence-electron chi connectivity index (χ2n) is 4.58. The van der Waals surface area contributed by atoms with Gasteiger partial charge in [-0.3, -0.25) is 4.79 Å². The molecule has 2 aromatic rings. The van der Waals surface area contributed by atoms with E-state index in [9.17, 15) is 4.79 Å². The van der Waals surface area contributed by atoms with Crippen molar-refractivity contribution in [3.63, 3.8) is 0 Å². The van der Waals surface area contributed by atoms with Gasteiger partial charge in [-0.05, 0) is 43.2 Å². The van der Waals surface area contributed by atoms with E-state index in [1.165, 1.54) is 12.8 Å². The Hall–Kier alpha value is -1.94. The van der Waals surface area contributed by atoms with E-state index in [1.807, 2.05) is 6.07 Å². The van der Waals surface area contributed by atoms with Crippen LogP contribution >= 0.6 is 11.6 Å². The van der Waals surface area contributed by atoms with Crippen molar-refractivity contribution in [3.8, 4) is 0 Å². The van der Waals surface area contributed by atoms with Crippen LogP contribution in [0.3, 0.4) is 0 Å². The Kier molecular flexibility index (Phi) is 3.17. The molecule has 1 aromatic heterocycles. The monoisotopic (exact) mass is 273 g/mol. The smallest absolute Gasteiger partial charge is 0.276 e. The van der Waals surface area contributed by atoms with Gasteiger partial charge in [-0.2, -0.15) is 5.10 Å². The fraction of sp³-hybridized carbons (Fsp3) is 0.214. The maximum atomic E-state index is 12.0. The Labute approximate surface area is 115 Å². The standard InChI is InChI=1S/C14H12ClN3O/c15-10-2-1-3-11(8-10)16-14(19)13-7-6-12(17-18-13)9-4-5-9/h1-3,6-9H,4-5H2,(H,16,19). The molecule has 0 radical (unpaired) electrons. The third kappa shape index (κ3) is 2.90. The summed E-state index contributed by atoms with van der Waals surface area (Å²) >= 11 is 5.86. The van der Waals surface area contributed by atoms with Crippen LogP contribution in [0.4, 0.5) is 5.69 Å². The number of carbonyl (C=O) groups is 1. The van der Waals surface area contributed by atoms with Gasteiger partial charge in [0.15, 0.2) is 5.69 Å². The SMILES string of the molecule is O=C(Nc1cccc(Cl)c1)c1ccc(C2CC2)nn1. The fourth-order valence-corrected chi connectivity index (χ4v) is 2.01. The second kappa shape index (κ2) is 4.97. The highest BCUT2D eigenvalue weighted by atomic mass is 35.5. The summed E-state index contributed by atoms with van der Waals surface area (Å²) in [4.78, 5) is 12.0. The predicted octanol–water partition coefficient (Wildman–Crippen LogP) is 3.26. The first-order valence-electron chi connectivity index (χ1n) is 6.13. The zero-order valence-corrected chi connectivity index (χ0v) is 10.9. The van der Waals surface area contributed by atoms with Crippen LogP contribution in [0, 0.1) is 0 Å². The van der Waals surface area contributed by atoms with Crippen molar-refractivity contribution in [2.75, 3.05) is 5.32 Å². The van der Waals surface area contributed by atoms with Crippen LogP contribution in [0.15, 0.2) is 36.4 Å². The highest BCUT2D eigenvalue weighted by molar-refractivity contribution is 6.30. The van der Waals surface area contributed by atoms with Crippen LogP contribution in [-0.4, -0.2) is 16.1 Å². The molecule has 4 nitrogen and oxygen atoms in total. The van der Waals surface area contributed by atoms with Gasteiger partial charge >= 0.3 is 0 Å². The van der Waals surface area contributed by atoms with Gasteiger partial charge in [-0.1, -0.05) is 17.7 Å². The number of nitrogens with zero attached hydrogens (tertiary/aromatic N) is 2. The average Bonchev–Trinajstić information content (AvgIpc) is 3.23. The summed E-state index contributed by atoms with van der Waals surface area (Å²) in [7, 11) is 0. The minimum Gasteiger partial charge on any atom is -0.321 e. The molecule has 0 unspecified atom stereocenters. The number of amides is 1. The van der Waals surface area contributed by atoms with Crippen molar-refractivity contribution in [1.29, 1.82) is 0 Å². The largest absolute Gasteiger partial charge is 0.321 e. The molecule has 19 heavy (non-hydrogen) atoms. The summed E-state index contributed by atoms with van der Waals surface area (Å²) in [5.41, 5.74) is 1.93. The first-order valence-corrected chi connectivity index (χ1v) is 6.51. The van der Waals surface area contributed by atoms with Crippen molar-refractivity contribution in [2.45, 2.75) is 18.8 Å². The first kappa shape index (κ1) is 12.1. The molecule has 0 saturated heterocycles. The summed E-state index contributed by atoms with van der Waals surface area (Å²) in [5, 5.41) is 11.4. The molecule has 3 rings (SSSR count). The molecule has 1 N–H and O–H groups in total. The Morgan fingerprint density at radius 3 is 2.68 bits per heavy atom. The number of benzene rings is 1. The number of rotatable bonds is 3. The third-order valence-corrected chi connectivity index (χ3v) is 3.23. The molecule has 1 heterocycles. The molecular formula is C14H12ClN3O. The van der Waals surface area contributed by atoms with Gasteiger partial charge in [0.2, 0.25) is 0 Å². The summed E-state index contributed by atoms with van der Waals surface area (Å²) in [6.45, 7) is 0. The second-order valence-corrected chi connectivity index (χ2v) is 5.02. The van der Waals surface area contributed by atoms with Crippen molar-refractivity contribution in [1.82, 2.24) is 10.2 Å². The van der Waals surface area contributed by atoms with Crippen molar-refractivity contribution < 1.29 is 4.79 Å². The fourth-order valence-electron chi connectivity index (χ4n) is 1.82. The lowest BCUT2D eigenvalue weighted by atomic mass is 10.2. The Balaban J connectivity index is 1.72. The quantitative estimate of drug-likeness (QED) is 0.934. The van der Waals surface area contributed by atoms with E-state index in [0.717, 1.165) is 5.69 Å². The maximum Gasteiger partial charge on any atom is 0.276 e. The molecule has 96 valence electrons. The van der Waals surface area contributed by atoms with Crippen LogP contribution < -0.4 is 5.32 Å². The van der Waals surface area contributed by atoms with E-state index < -0.39 is 0 Å². The Morgan fingerprint density at radius 2 is 2.05 bits per heavy atom. The number of halogens is 1. The molecule has 1 aromatic carbocycles. The van der Waals surface area contributed by atoms with E-state index in [4.69, 9.17) is 11.6 Å². The average molecular weight is 274 g/mol. The Bertz CT molecular complexity index is 608. The Morgan fingerprint density at radius 1 is 1.21 bits per heavy atom. The molecule has 1 saturated carbocycles. The molecule has 1 fully saturated rings. The van der Waals surface area contributed by atoms with E-state index in [1.54, 1.807) is 30.3 Å². The predicted molar refractivity (Wildman–Crippen MR) is 73.4 cm³/mol. The van der Waals surface area contributed by atoms with E-state index in [2.05, 4.69) is 15.5 Å². The number of carbonyl (C=O) groups excluding carboxylic acids is 1. The molecule has 5 heteroatoms. The van der Waals surface area contributed by atoms with Crippen LogP contribution in [0.2, 0.25) is 5.02 Å². The first-order chi connectivity index (χ1) is 9.22. The number of hydrogen-bond donors (Lipinski definition) is 1. The molecule has 1 aliphatic carbocycles. The lowest BCUT2D eigenvalue weighted by Gasteiger charge is -2.05. The number of anilines is 1. The number of aromatic nitrogens is 2. The normalized spacial score (nSPS) is 14.2. The van der Waals surface area contributed by atoms with Gasteiger partial charge < -0.3 is 5.32 Å². The third-order valence-electron chi connectivity index (χ3n) is 3.00. The van der Waals surface area contributed by atoms with Gasteiger partial charge in [-0.15, -0.1) is 5.10 Å². The zero-order chi connectivity index (χ0) is 13.2. The van der Waals surface area contributed by atoms with Gasteiger partial charge in [0.1, 0.15) is 0 Å². The summed E-state index contributed by atoms with van der Waals surface area (Å²) in [5.74, 6) is 0.259. The van der Waals surface area contributed by atoms with Gasteiger partial charge in [0.25, 0.3) is 5.91 Å². The van der Waals surface area contributed by atoms with E-state index in [-0.39, 0.29) is 5.91 Å². The van der Waals surface area contributed by atoms with Crippen molar-refractivity contribution in [2.24, 2.45) is 0 Å². The van der Waals surface area contributed by atoms with Crippen molar-refractivity contribution >= 4 is 23.2 Å². The zero-order valence-electron chi connectivity index (χ0n) is 10.1. The minimum atomic E-state index is -0.280. The summed E-state index contributed by atoms with van der Waals surface area (Å²) < 4.78 is 0. The van der Waals surface area contributed by atoms with Crippen molar-refractivity contribution in [3.05, 3.63) is 52.8 Å². The van der Waals surface area contributed by atoms with E-state index in [0.29, 0.717) is 22.3 Å². The summed E-state index contributed by atoms with van der Waals surface area (Å²) in [6.07, 6.45) is 2.34. The molecule has 0 bridgehead atoms. The van der Waals surface area contributed by atoms with Crippen LogP contribution in [0.1, 0.15) is 34.9 Å². The van der Waals surface area contributed by atoms with Gasteiger partial charge in [0, 0.05) is 16.6 Å². The topological polar surface area (TPSA) is 54.9 Å². The highest BCUT2D eigenvalue weighted by Gasteiger charge is 2.25. The molecular weight excluding hydrogens is 262 g/mol. The van der Waals surface area contributed by atoms with Gasteiger partial charge in [-0.25, -0.2) is 0 Å². The van der Waals surface area contributed by atoms with Gasteiger partial charge in [0.05, 0.1) is 5.69 Å². The molecule has 0 spiro atoms. The van der Waals surface area contributed by atoms with E-state index >= 15 is 0 Å². The number of nitrogens with one attached hydrogen (secondary N) is 1. The van der Waals surface area contributed by atoms with Crippen LogP contribution in [-0.2, 0) is 0 Å². The lowest BCUT2D eigenvalue weighted by molar-refractivity contribution is 0.102. The highest BCUT2D eigenvalue weighted by Crippen LogP contribution is 2.38.